The van der Waals surface area contributed by atoms with E-state index >= 15 is 0 Å². The number of benzene rings is 1. The van der Waals surface area contributed by atoms with Crippen LogP contribution in [-0.2, 0) is 0 Å². The van der Waals surface area contributed by atoms with E-state index in [1.807, 2.05) is 31.2 Å². The van der Waals surface area contributed by atoms with Crippen LogP contribution in [-0.4, -0.2) is 28.6 Å². The van der Waals surface area contributed by atoms with E-state index in [4.69, 9.17) is 9.72 Å². The Kier molecular flexibility index (Phi) is 4.52. The predicted octanol–water partition coefficient (Wildman–Crippen LogP) is 4.20. The highest BCUT2D eigenvalue weighted by Gasteiger charge is 2.27. The van der Waals surface area contributed by atoms with Gasteiger partial charge in [0.2, 0.25) is 0 Å². The maximum atomic E-state index is 5.28. The van der Waals surface area contributed by atoms with Gasteiger partial charge in [0.1, 0.15) is 11.6 Å². The number of hydrogen-bond acceptors (Lipinski definition) is 5. The fraction of sp³-hybridized carbons (Fsp3) is 0.286. The molecule has 1 atom stereocenters. The van der Waals surface area contributed by atoms with E-state index in [0.717, 1.165) is 48.0 Å². The highest BCUT2D eigenvalue weighted by Crippen LogP contribution is 2.36. The van der Waals surface area contributed by atoms with Gasteiger partial charge in [-0.1, -0.05) is 12.1 Å². The fourth-order valence-corrected chi connectivity index (χ4v) is 3.54. The van der Waals surface area contributed by atoms with Crippen molar-refractivity contribution in [3.8, 4) is 17.1 Å². The first-order valence-corrected chi connectivity index (χ1v) is 8.91. The number of aromatic nitrogens is 3. The molecule has 0 unspecified atom stereocenters. The number of aryl methyl sites for hydroxylation is 1. The zero-order valence-corrected chi connectivity index (χ0v) is 15.1. The third kappa shape index (κ3) is 3.25. The first-order valence-electron chi connectivity index (χ1n) is 8.91. The van der Waals surface area contributed by atoms with Gasteiger partial charge in [0.25, 0.3) is 0 Å². The number of rotatable bonds is 4. The molecule has 1 aliphatic heterocycles. The smallest absolute Gasteiger partial charge is 0.161 e. The molecule has 2 aromatic heterocycles. The first-order chi connectivity index (χ1) is 12.7. The van der Waals surface area contributed by atoms with E-state index in [1.54, 1.807) is 19.5 Å². The molecule has 0 saturated carbocycles. The minimum Gasteiger partial charge on any atom is -0.497 e. The van der Waals surface area contributed by atoms with Crippen LogP contribution in [0, 0.1) is 6.92 Å². The van der Waals surface area contributed by atoms with Gasteiger partial charge in [-0.2, -0.15) is 0 Å². The summed E-state index contributed by atoms with van der Waals surface area (Å²) in [5, 5.41) is 0. The minimum absolute atomic E-state index is 0.334. The van der Waals surface area contributed by atoms with Crippen LogP contribution in [0.5, 0.6) is 5.75 Å². The standard InChI is InChI=1S/C21H22N4O/c1-15-14-20(24-21(23-15)17-9-11-22-12-10-17)25-13-3-4-19(25)16-5-7-18(26-2)8-6-16/h5-12,14,19H,3-4,13H2,1-2H3/t19-/m1/s1. The second kappa shape index (κ2) is 7.12. The summed E-state index contributed by atoms with van der Waals surface area (Å²) in [5.41, 5.74) is 3.26. The minimum atomic E-state index is 0.334. The first kappa shape index (κ1) is 16.5. The zero-order chi connectivity index (χ0) is 17.9. The average molecular weight is 346 g/mol. The lowest BCUT2D eigenvalue weighted by atomic mass is 10.0. The maximum absolute atomic E-state index is 5.28. The Morgan fingerprint density at radius 2 is 1.81 bits per heavy atom. The molecular weight excluding hydrogens is 324 g/mol. The Balaban J connectivity index is 1.68. The lowest BCUT2D eigenvalue weighted by Gasteiger charge is -2.27. The number of hydrogen-bond donors (Lipinski definition) is 0. The Morgan fingerprint density at radius 3 is 2.54 bits per heavy atom. The average Bonchev–Trinajstić information content (AvgIpc) is 3.18. The maximum Gasteiger partial charge on any atom is 0.161 e. The van der Waals surface area contributed by atoms with Gasteiger partial charge in [0, 0.05) is 36.3 Å². The van der Waals surface area contributed by atoms with Gasteiger partial charge in [0.15, 0.2) is 5.82 Å². The van der Waals surface area contributed by atoms with E-state index in [9.17, 15) is 0 Å². The van der Waals surface area contributed by atoms with Crippen molar-refractivity contribution in [2.24, 2.45) is 0 Å². The SMILES string of the molecule is COc1ccc([C@H]2CCCN2c2cc(C)nc(-c3ccncc3)n2)cc1. The zero-order valence-electron chi connectivity index (χ0n) is 15.1. The van der Waals surface area contributed by atoms with Crippen molar-refractivity contribution in [3.05, 3.63) is 66.1 Å². The Hall–Kier alpha value is -2.95. The third-order valence-electron chi connectivity index (χ3n) is 4.83. The molecule has 26 heavy (non-hydrogen) atoms. The Bertz CT molecular complexity index is 880. The number of pyridine rings is 1. The second-order valence-electron chi connectivity index (χ2n) is 6.55. The van der Waals surface area contributed by atoms with Crippen LogP contribution < -0.4 is 9.64 Å². The molecule has 0 N–H and O–H groups in total. The molecular formula is C21H22N4O. The van der Waals surface area contributed by atoms with Crippen molar-refractivity contribution in [1.82, 2.24) is 15.0 Å². The van der Waals surface area contributed by atoms with E-state index < -0.39 is 0 Å². The molecule has 3 heterocycles. The van der Waals surface area contributed by atoms with Gasteiger partial charge in [-0.25, -0.2) is 9.97 Å². The van der Waals surface area contributed by atoms with Gasteiger partial charge in [0.05, 0.1) is 13.2 Å². The van der Waals surface area contributed by atoms with Crippen molar-refractivity contribution >= 4 is 5.82 Å². The Morgan fingerprint density at radius 1 is 1.04 bits per heavy atom. The van der Waals surface area contributed by atoms with Crippen LogP contribution in [0.2, 0.25) is 0 Å². The van der Waals surface area contributed by atoms with Crippen molar-refractivity contribution in [1.29, 1.82) is 0 Å². The molecule has 0 bridgehead atoms. The monoisotopic (exact) mass is 346 g/mol. The van der Waals surface area contributed by atoms with Gasteiger partial charge in [-0.3, -0.25) is 4.98 Å². The van der Waals surface area contributed by atoms with Gasteiger partial charge in [-0.15, -0.1) is 0 Å². The molecule has 0 amide bonds. The highest BCUT2D eigenvalue weighted by atomic mass is 16.5. The van der Waals surface area contributed by atoms with Crippen molar-refractivity contribution < 1.29 is 4.74 Å². The molecule has 3 aromatic rings. The van der Waals surface area contributed by atoms with Crippen molar-refractivity contribution in [3.63, 3.8) is 0 Å². The number of nitrogens with zero attached hydrogens (tertiary/aromatic N) is 4. The van der Waals surface area contributed by atoms with E-state index in [2.05, 4.69) is 33.1 Å². The van der Waals surface area contributed by atoms with Gasteiger partial charge in [-0.05, 0) is 49.6 Å². The van der Waals surface area contributed by atoms with E-state index in [0.29, 0.717) is 6.04 Å². The van der Waals surface area contributed by atoms with Crippen LogP contribution >= 0.6 is 0 Å². The topological polar surface area (TPSA) is 51.1 Å². The molecule has 0 spiro atoms. The quantitative estimate of drug-likeness (QED) is 0.709. The van der Waals surface area contributed by atoms with E-state index in [1.165, 1.54) is 5.56 Å². The van der Waals surface area contributed by atoms with Crippen LogP contribution in [0.25, 0.3) is 11.4 Å². The van der Waals surface area contributed by atoms with Crippen LogP contribution in [0.3, 0.4) is 0 Å². The van der Waals surface area contributed by atoms with Gasteiger partial charge < -0.3 is 9.64 Å². The van der Waals surface area contributed by atoms with Crippen molar-refractivity contribution in [2.75, 3.05) is 18.6 Å². The van der Waals surface area contributed by atoms with Crippen LogP contribution in [0.1, 0.15) is 30.1 Å². The summed E-state index contributed by atoms with van der Waals surface area (Å²) in [6.45, 7) is 3.03. The largest absolute Gasteiger partial charge is 0.497 e. The highest BCUT2D eigenvalue weighted by molar-refractivity contribution is 5.58. The molecule has 1 fully saturated rings. The summed E-state index contributed by atoms with van der Waals surface area (Å²) in [6.07, 6.45) is 5.83. The lowest BCUT2D eigenvalue weighted by molar-refractivity contribution is 0.414. The molecule has 1 aliphatic rings. The summed E-state index contributed by atoms with van der Waals surface area (Å²) < 4.78 is 5.28. The number of anilines is 1. The summed E-state index contributed by atoms with van der Waals surface area (Å²) in [6, 6.07) is 14.7. The lowest BCUT2D eigenvalue weighted by Crippen LogP contribution is -2.24. The molecule has 132 valence electrons. The third-order valence-corrected chi connectivity index (χ3v) is 4.83. The molecule has 1 aromatic carbocycles. The summed E-state index contributed by atoms with van der Waals surface area (Å²) >= 11 is 0. The number of ether oxygens (including phenoxy) is 1. The predicted molar refractivity (Wildman–Crippen MR) is 102 cm³/mol. The summed E-state index contributed by atoms with van der Waals surface area (Å²) in [4.78, 5) is 15.9. The molecule has 5 heteroatoms. The molecule has 0 radical (unpaired) electrons. The summed E-state index contributed by atoms with van der Waals surface area (Å²) in [5.74, 6) is 2.63. The van der Waals surface area contributed by atoms with Crippen LogP contribution in [0.4, 0.5) is 5.82 Å². The number of methoxy groups -OCH3 is 1. The Labute approximate surface area is 153 Å². The van der Waals surface area contributed by atoms with Crippen molar-refractivity contribution in [2.45, 2.75) is 25.8 Å². The summed E-state index contributed by atoms with van der Waals surface area (Å²) in [7, 11) is 1.70. The van der Waals surface area contributed by atoms with Gasteiger partial charge >= 0.3 is 0 Å². The molecule has 5 nitrogen and oxygen atoms in total. The molecule has 1 saturated heterocycles. The molecule has 0 aliphatic carbocycles. The molecule has 4 rings (SSSR count). The second-order valence-corrected chi connectivity index (χ2v) is 6.55. The van der Waals surface area contributed by atoms with E-state index in [-0.39, 0.29) is 0 Å². The fourth-order valence-electron chi connectivity index (χ4n) is 3.54. The normalized spacial score (nSPS) is 16.7. The van der Waals surface area contributed by atoms with Crippen LogP contribution in [0.15, 0.2) is 54.9 Å².